The van der Waals surface area contributed by atoms with Gasteiger partial charge in [0.25, 0.3) is 5.89 Å². The van der Waals surface area contributed by atoms with Crippen molar-refractivity contribution >= 4 is 21.6 Å². The first-order valence-electron chi connectivity index (χ1n) is 5.96. The van der Waals surface area contributed by atoms with Crippen molar-refractivity contribution in [1.29, 1.82) is 0 Å². The second kappa shape index (κ2) is 5.05. The Labute approximate surface area is 124 Å². The molecule has 2 aromatic heterocycles. The number of nitrogens with zero attached hydrogens (tertiary/aromatic N) is 3. The monoisotopic (exact) mass is 330 g/mol. The van der Waals surface area contributed by atoms with Gasteiger partial charge in [-0.25, -0.2) is 4.98 Å². The molecular formula is C14H11BrN4O. The second-order valence-electron chi connectivity index (χ2n) is 4.32. The molecule has 0 radical (unpaired) electrons. The maximum atomic E-state index is 5.85. The third kappa shape index (κ3) is 2.30. The van der Waals surface area contributed by atoms with E-state index in [2.05, 4.69) is 31.1 Å². The lowest BCUT2D eigenvalue weighted by Crippen LogP contribution is -1.92. The molecule has 0 atom stereocenters. The number of nitrogen functional groups attached to an aromatic ring is 1. The molecule has 3 aromatic rings. The van der Waals surface area contributed by atoms with E-state index in [1.54, 1.807) is 18.3 Å². The Morgan fingerprint density at radius 3 is 2.85 bits per heavy atom. The first-order valence-corrected chi connectivity index (χ1v) is 6.75. The molecule has 0 spiro atoms. The van der Waals surface area contributed by atoms with Gasteiger partial charge in [-0.15, -0.1) is 0 Å². The Kier molecular flexibility index (Phi) is 3.23. The van der Waals surface area contributed by atoms with Gasteiger partial charge in [-0.1, -0.05) is 21.1 Å². The van der Waals surface area contributed by atoms with Crippen molar-refractivity contribution in [2.75, 3.05) is 5.73 Å². The van der Waals surface area contributed by atoms with Crippen LogP contribution in [0.2, 0.25) is 0 Å². The number of nitrogens with two attached hydrogens (primary N) is 1. The van der Waals surface area contributed by atoms with Gasteiger partial charge in [0.15, 0.2) is 5.69 Å². The summed E-state index contributed by atoms with van der Waals surface area (Å²) in [5.41, 5.74) is 8.83. The molecule has 0 saturated carbocycles. The topological polar surface area (TPSA) is 77.8 Å². The third-order valence-electron chi connectivity index (χ3n) is 2.90. The molecule has 0 saturated heterocycles. The molecule has 1 aromatic carbocycles. The van der Waals surface area contributed by atoms with Gasteiger partial charge in [0.2, 0.25) is 5.82 Å². The largest absolute Gasteiger partial charge is 0.397 e. The predicted octanol–water partition coefficient (Wildman–Crippen LogP) is 3.45. The average Bonchev–Trinajstić information content (AvgIpc) is 2.88. The molecule has 20 heavy (non-hydrogen) atoms. The summed E-state index contributed by atoms with van der Waals surface area (Å²) in [5.74, 6) is 0.843. The minimum Gasteiger partial charge on any atom is -0.397 e. The van der Waals surface area contributed by atoms with Crippen LogP contribution >= 0.6 is 15.9 Å². The van der Waals surface area contributed by atoms with Gasteiger partial charge in [0.05, 0.1) is 5.69 Å². The predicted molar refractivity (Wildman–Crippen MR) is 79.8 cm³/mol. The minimum absolute atomic E-state index is 0.320. The van der Waals surface area contributed by atoms with Crippen LogP contribution in [0, 0.1) is 6.92 Å². The molecule has 100 valence electrons. The highest BCUT2D eigenvalue weighted by Gasteiger charge is 2.15. The van der Waals surface area contributed by atoms with Crippen molar-refractivity contribution in [3.8, 4) is 23.0 Å². The number of aromatic nitrogens is 3. The number of hydrogen-bond acceptors (Lipinski definition) is 5. The molecule has 2 heterocycles. The molecule has 0 fully saturated rings. The molecular weight excluding hydrogens is 320 g/mol. The minimum atomic E-state index is 0.320. The molecule has 0 aliphatic carbocycles. The summed E-state index contributed by atoms with van der Waals surface area (Å²) in [6, 6.07) is 9.38. The van der Waals surface area contributed by atoms with E-state index in [-0.39, 0.29) is 0 Å². The summed E-state index contributed by atoms with van der Waals surface area (Å²) in [6.07, 6.45) is 1.64. The maximum absolute atomic E-state index is 5.85. The van der Waals surface area contributed by atoms with Gasteiger partial charge >= 0.3 is 0 Å². The first kappa shape index (κ1) is 12.8. The summed E-state index contributed by atoms with van der Waals surface area (Å²) >= 11 is 3.43. The molecule has 3 rings (SSSR count). The van der Waals surface area contributed by atoms with Crippen LogP contribution in [0.1, 0.15) is 5.56 Å². The highest BCUT2D eigenvalue weighted by molar-refractivity contribution is 9.10. The van der Waals surface area contributed by atoms with Crippen molar-refractivity contribution in [2.24, 2.45) is 0 Å². The van der Waals surface area contributed by atoms with Crippen molar-refractivity contribution in [2.45, 2.75) is 6.92 Å². The van der Waals surface area contributed by atoms with E-state index in [1.165, 1.54) is 0 Å². The third-order valence-corrected chi connectivity index (χ3v) is 3.39. The van der Waals surface area contributed by atoms with Gasteiger partial charge in [-0.2, -0.15) is 4.98 Å². The normalized spacial score (nSPS) is 10.7. The fourth-order valence-electron chi connectivity index (χ4n) is 1.90. The molecule has 0 bridgehead atoms. The zero-order valence-electron chi connectivity index (χ0n) is 10.7. The van der Waals surface area contributed by atoms with E-state index in [0.29, 0.717) is 23.1 Å². The highest BCUT2D eigenvalue weighted by atomic mass is 79.9. The number of rotatable bonds is 2. The van der Waals surface area contributed by atoms with Crippen LogP contribution < -0.4 is 5.73 Å². The maximum Gasteiger partial charge on any atom is 0.278 e. The van der Waals surface area contributed by atoms with E-state index < -0.39 is 0 Å². The molecule has 0 aliphatic heterocycles. The van der Waals surface area contributed by atoms with Crippen LogP contribution in [0.25, 0.3) is 23.0 Å². The summed E-state index contributed by atoms with van der Waals surface area (Å²) < 4.78 is 6.27. The number of hydrogen-bond donors (Lipinski definition) is 1. The van der Waals surface area contributed by atoms with E-state index in [9.17, 15) is 0 Å². The highest BCUT2D eigenvalue weighted by Crippen LogP contribution is 2.27. The van der Waals surface area contributed by atoms with Crippen LogP contribution in [-0.4, -0.2) is 15.1 Å². The Morgan fingerprint density at radius 1 is 1.25 bits per heavy atom. The SMILES string of the molecule is Cc1cc(Br)ccc1-c1noc(-c2ncccc2N)n1. The van der Waals surface area contributed by atoms with Crippen LogP contribution in [0.5, 0.6) is 0 Å². The Bertz CT molecular complexity index is 769. The van der Waals surface area contributed by atoms with Crippen molar-refractivity contribution in [3.05, 3.63) is 46.6 Å². The average molecular weight is 331 g/mol. The second-order valence-corrected chi connectivity index (χ2v) is 5.24. The molecule has 0 amide bonds. The first-order chi connectivity index (χ1) is 9.65. The van der Waals surface area contributed by atoms with Crippen molar-refractivity contribution in [3.63, 3.8) is 0 Å². The van der Waals surface area contributed by atoms with Gasteiger partial charge in [-0.3, -0.25) is 0 Å². The van der Waals surface area contributed by atoms with Crippen LogP contribution in [0.3, 0.4) is 0 Å². The lowest BCUT2D eigenvalue weighted by atomic mass is 10.1. The zero-order chi connectivity index (χ0) is 14.1. The number of halogens is 1. The molecule has 0 aliphatic rings. The Morgan fingerprint density at radius 2 is 2.10 bits per heavy atom. The van der Waals surface area contributed by atoms with Crippen molar-refractivity contribution < 1.29 is 4.52 Å². The van der Waals surface area contributed by atoms with E-state index in [0.717, 1.165) is 15.6 Å². The van der Waals surface area contributed by atoms with Crippen LogP contribution in [0.15, 0.2) is 45.5 Å². The number of aryl methyl sites for hydroxylation is 1. The van der Waals surface area contributed by atoms with Crippen LogP contribution in [0.4, 0.5) is 5.69 Å². The molecule has 0 unspecified atom stereocenters. The zero-order valence-corrected chi connectivity index (χ0v) is 12.3. The van der Waals surface area contributed by atoms with E-state index >= 15 is 0 Å². The summed E-state index contributed by atoms with van der Waals surface area (Å²) in [6.45, 7) is 1.99. The molecule has 2 N–H and O–H groups in total. The summed E-state index contributed by atoms with van der Waals surface area (Å²) in [5, 5.41) is 4.00. The van der Waals surface area contributed by atoms with Crippen LogP contribution in [-0.2, 0) is 0 Å². The number of benzene rings is 1. The smallest absolute Gasteiger partial charge is 0.278 e. The lowest BCUT2D eigenvalue weighted by Gasteiger charge is -2.00. The standard InChI is InChI=1S/C14H11BrN4O/c1-8-7-9(15)4-5-10(8)13-18-14(20-19-13)12-11(16)3-2-6-17-12/h2-7H,16H2,1H3. The summed E-state index contributed by atoms with van der Waals surface area (Å²) in [4.78, 5) is 8.53. The fraction of sp³-hybridized carbons (Fsp3) is 0.0714. The lowest BCUT2D eigenvalue weighted by molar-refractivity contribution is 0.431. The fourth-order valence-corrected chi connectivity index (χ4v) is 2.38. The van der Waals surface area contributed by atoms with Gasteiger partial charge in [0, 0.05) is 16.2 Å². The van der Waals surface area contributed by atoms with Gasteiger partial charge < -0.3 is 10.3 Å². The number of anilines is 1. The van der Waals surface area contributed by atoms with Gasteiger partial charge in [-0.05, 0) is 42.8 Å². The summed E-state index contributed by atoms with van der Waals surface area (Å²) in [7, 11) is 0. The van der Waals surface area contributed by atoms with Gasteiger partial charge in [0.1, 0.15) is 0 Å². The van der Waals surface area contributed by atoms with Crippen molar-refractivity contribution in [1.82, 2.24) is 15.1 Å². The number of pyridine rings is 1. The molecule has 5 nitrogen and oxygen atoms in total. The quantitative estimate of drug-likeness (QED) is 0.778. The Balaban J connectivity index is 2.04. The van der Waals surface area contributed by atoms with E-state index in [4.69, 9.17) is 10.3 Å². The Hall–Kier alpha value is -2.21. The van der Waals surface area contributed by atoms with E-state index in [1.807, 2.05) is 25.1 Å². The molecule has 6 heteroatoms.